The van der Waals surface area contributed by atoms with E-state index in [0.29, 0.717) is 12.8 Å². The lowest BCUT2D eigenvalue weighted by molar-refractivity contribution is -0.144. The number of nitrogens with one attached hydrogen (secondary N) is 1. The fraction of sp³-hybridized carbons (Fsp3) is 0.667. The zero-order chi connectivity index (χ0) is 16.0. The molecule has 0 heterocycles. The van der Waals surface area contributed by atoms with Gasteiger partial charge < -0.3 is 24.8 Å². The first-order chi connectivity index (χ1) is 9.88. The molecule has 1 fully saturated rings. The van der Waals surface area contributed by atoms with Gasteiger partial charge in [0.2, 0.25) is 0 Å². The van der Waals surface area contributed by atoms with E-state index in [2.05, 4.69) is 14.8 Å². The summed E-state index contributed by atoms with van der Waals surface area (Å²) in [6.45, 7) is -0.955. The van der Waals surface area contributed by atoms with Gasteiger partial charge in [0.25, 0.3) is 0 Å². The second-order valence-electron chi connectivity index (χ2n) is 4.61. The summed E-state index contributed by atoms with van der Waals surface area (Å²) in [5.74, 6) is -2.73. The molecule has 0 radical (unpaired) electrons. The number of ether oxygens (including phenoxy) is 2. The molecule has 1 rings (SSSR count). The summed E-state index contributed by atoms with van der Waals surface area (Å²) in [6.07, 6.45) is 1.43. The van der Waals surface area contributed by atoms with Crippen molar-refractivity contribution >= 4 is 23.9 Å². The lowest BCUT2D eigenvalue weighted by Crippen LogP contribution is -2.51. The van der Waals surface area contributed by atoms with Crippen molar-refractivity contribution in [2.75, 3.05) is 27.3 Å². The van der Waals surface area contributed by atoms with E-state index in [1.807, 2.05) is 0 Å². The Balaban J connectivity index is 2.70. The predicted octanol–water partition coefficient (Wildman–Crippen LogP) is -0.793. The van der Waals surface area contributed by atoms with Gasteiger partial charge in [0.1, 0.15) is 19.1 Å². The Morgan fingerprint density at radius 2 is 1.62 bits per heavy atom. The Bertz CT molecular complexity index is 415. The number of hydrogen-bond donors (Lipinski definition) is 2. The van der Waals surface area contributed by atoms with Gasteiger partial charge in [0, 0.05) is 0 Å². The van der Waals surface area contributed by atoms with Gasteiger partial charge in [-0.15, -0.1) is 0 Å². The van der Waals surface area contributed by atoms with Crippen molar-refractivity contribution in [3.63, 3.8) is 0 Å². The fourth-order valence-corrected chi connectivity index (χ4v) is 1.68. The largest absolute Gasteiger partial charge is 0.480 e. The summed E-state index contributed by atoms with van der Waals surface area (Å²) in [5.41, 5.74) is 0. The van der Waals surface area contributed by atoms with Crippen LogP contribution in [0.4, 0.5) is 4.79 Å². The van der Waals surface area contributed by atoms with Gasteiger partial charge in [-0.1, -0.05) is 0 Å². The van der Waals surface area contributed by atoms with E-state index >= 15 is 0 Å². The van der Waals surface area contributed by atoms with E-state index in [4.69, 9.17) is 5.11 Å². The van der Waals surface area contributed by atoms with Crippen LogP contribution in [0.1, 0.15) is 12.8 Å². The number of carboxylic acids is 1. The van der Waals surface area contributed by atoms with Crippen molar-refractivity contribution in [1.82, 2.24) is 10.2 Å². The van der Waals surface area contributed by atoms with Crippen molar-refractivity contribution in [2.24, 2.45) is 5.92 Å². The number of methoxy groups -OCH3 is 2. The summed E-state index contributed by atoms with van der Waals surface area (Å²) < 4.78 is 8.86. The van der Waals surface area contributed by atoms with Crippen LogP contribution < -0.4 is 5.32 Å². The van der Waals surface area contributed by atoms with Crippen LogP contribution in [0.25, 0.3) is 0 Å². The highest BCUT2D eigenvalue weighted by Gasteiger charge is 2.38. The molecule has 1 unspecified atom stereocenters. The standard InChI is InChI=1S/C12H18N2O7/c1-20-8(15)5-14(6-9(16)21-2)12(19)13-10(11(17)18)7-3-4-7/h7,10H,3-6H2,1-2H3,(H,13,19)(H,17,18). The Kier molecular flexibility index (Phi) is 5.94. The van der Waals surface area contributed by atoms with Crippen LogP contribution in [-0.2, 0) is 23.9 Å². The molecule has 9 nitrogen and oxygen atoms in total. The minimum absolute atomic E-state index is 0.121. The maximum absolute atomic E-state index is 12.0. The molecular formula is C12H18N2O7. The Labute approximate surface area is 121 Å². The molecule has 1 saturated carbocycles. The van der Waals surface area contributed by atoms with Gasteiger partial charge in [0.15, 0.2) is 0 Å². The van der Waals surface area contributed by atoms with E-state index in [-0.39, 0.29) is 5.92 Å². The second-order valence-corrected chi connectivity index (χ2v) is 4.61. The van der Waals surface area contributed by atoms with Gasteiger partial charge in [0.05, 0.1) is 14.2 Å². The van der Waals surface area contributed by atoms with Crippen LogP contribution >= 0.6 is 0 Å². The minimum atomic E-state index is -1.15. The third-order valence-corrected chi connectivity index (χ3v) is 3.02. The second kappa shape index (κ2) is 7.46. The van der Waals surface area contributed by atoms with Crippen molar-refractivity contribution in [3.8, 4) is 0 Å². The molecule has 0 bridgehead atoms. The molecular weight excluding hydrogens is 284 g/mol. The van der Waals surface area contributed by atoms with Gasteiger partial charge in [-0.2, -0.15) is 0 Å². The Morgan fingerprint density at radius 3 is 1.95 bits per heavy atom. The number of nitrogens with zero attached hydrogens (tertiary/aromatic N) is 1. The van der Waals surface area contributed by atoms with E-state index in [1.165, 1.54) is 0 Å². The zero-order valence-electron chi connectivity index (χ0n) is 11.8. The number of carbonyl (C=O) groups is 4. The Morgan fingerprint density at radius 1 is 1.14 bits per heavy atom. The average Bonchev–Trinajstić information content (AvgIpc) is 3.27. The summed E-state index contributed by atoms with van der Waals surface area (Å²) in [6, 6.07) is -1.86. The number of amides is 2. The summed E-state index contributed by atoms with van der Waals surface area (Å²) in [5, 5.41) is 11.4. The molecule has 0 spiro atoms. The first-order valence-electron chi connectivity index (χ1n) is 6.31. The maximum atomic E-state index is 12.0. The zero-order valence-corrected chi connectivity index (χ0v) is 11.8. The third-order valence-electron chi connectivity index (χ3n) is 3.02. The smallest absolute Gasteiger partial charge is 0.326 e. The van der Waals surface area contributed by atoms with Gasteiger partial charge in [-0.3, -0.25) is 9.59 Å². The number of carbonyl (C=O) groups excluding carboxylic acids is 3. The summed E-state index contributed by atoms with van der Waals surface area (Å²) in [4.78, 5) is 46.5. The number of esters is 2. The quantitative estimate of drug-likeness (QED) is 0.591. The third kappa shape index (κ3) is 5.28. The first-order valence-corrected chi connectivity index (χ1v) is 6.31. The van der Waals surface area contributed by atoms with E-state index in [0.717, 1.165) is 19.1 Å². The number of urea groups is 1. The molecule has 0 saturated heterocycles. The fourth-order valence-electron chi connectivity index (χ4n) is 1.68. The molecule has 2 N–H and O–H groups in total. The average molecular weight is 302 g/mol. The molecule has 0 aromatic rings. The number of rotatable bonds is 7. The van der Waals surface area contributed by atoms with Crippen molar-refractivity contribution in [1.29, 1.82) is 0 Å². The molecule has 0 aliphatic heterocycles. The molecule has 21 heavy (non-hydrogen) atoms. The van der Waals surface area contributed by atoms with E-state index < -0.39 is 43.1 Å². The lowest BCUT2D eigenvalue weighted by atomic mass is 10.2. The topological polar surface area (TPSA) is 122 Å². The van der Waals surface area contributed by atoms with Gasteiger partial charge in [-0.25, -0.2) is 9.59 Å². The Hall–Kier alpha value is -2.32. The van der Waals surface area contributed by atoms with Crippen molar-refractivity contribution in [3.05, 3.63) is 0 Å². The molecule has 0 aromatic carbocycles. The van der Waals surface area contributed by atoms with Crippen LogP contribution in [0, 0.1) is 5.92 Å². The van der Waals surface area contributed by atoms with Crippen LogP contribution in [0.5, 0.6) is 0 Å². The monoisotopic (exact) mass is 302 g/mol. The first kappa shape index (κ1) is 16.7. The molecule has 1 aliphatic rings. The molecule has 2 amide bonds. The highest BCUT2D eigenvalue weighted by molar-refractivity contribution is 5.88. The summed E-state index contributed by atoms with van der Waals surface area (Å²) in [7, 11) is 2.28. The highest BCUT2D eigenvalue weighted by atomic mass is 16.5. The molecule has 1 atom stereocenters. The van der Waals surface area contributed by atoms with Crippen LogP contribution in [0.3, 0.4) is 0 Å². The van der Waals surface area contributed by atoms with Crippen LogP contribution in [-0.4, -0.2) is 67.3 Å². The number of aliphatic carboxylic acids is 1. The SMILES string of the molecule is COC(=O)CN(CC(=O)OC)C(=O)NC(C(=O)O)C1CC1. The van der Waals surface area contributed by atoms with Gasteiger partial charge >= 0.3 is 23.9 Å². The van der Waals surface area contributed by atoms with E-state index in [9.17, 15) is 19.2 Å². The number of hydrogen-bond acceptors (Lipinski definition) is 6. The van der Waals surface area contributed by atoms with Crippen molar-refractivity contribution < 1.29 is 33.8 Å². The highest BCUT2D eigenvalue weighted by Crippen LogP contribution is 2.32. The molecule has 9 heteroatoms. The van der Waals surface area contributed by atoms with Gasteiger partial charge in [-0.05, 0) is 18.8 Å². The van der Waals surface area contributed by atoms with Crippen molar-refractivity contribution in [2.45, 2.75) is 18.9 Å². The summed E-state index contributed by atoms with van der Waals surface area (Å²) >= 11 is 0. The molecule has 0 aromatic heterocycles. The number of carboxylic acid groups (broad SMARTS) is 1. The maximum Gasteiger partial charge on any atom is 0.326 e. The van der Waals surface area contributed by atoms with Crippen LogP contribution in [0.2, 0.25) is 0 Å². The normalized spacial score (nSPS) is 14.8. The van der Waals surface area contributed by atoms with Crippen LogP contribution in [0.15, 0.2) is 0 Å². The van der Waals surface area contributed by atoms with E-state index in [1.54, 1.807) is 0 Å². The molecule has 118 valence electrons. The minimum Gasteiger partial charge on any atom is -0.480 e. The molecule has 1 aliphatic carbocycles. The lowest BCUT2D eigenvalue weighted by Gasteiger charge is -2.23. The predicted molar refractivity (Wildman–Crippen MR) is 68.3 cm³/mol.